The second kappa shape index (κ2) is 5.68. The van der Waals surface area contributed by atoms with Gasteiger partial charge < -0.3 is 15.3 Å². The fraction of sp³-hybridized carbons (Fsp3) is 0.889. The van der Waals surface area contributed by atoms with Crippen molar-refractivity contribution >= 4 is 21.8 Å². The van der Waals surface area contributed by atoms with Gasteiger partial charge in [-0.25, -0.2) is 0 Å². The molecular weight excluding hydrogens is 248 g/mol. The highest BCUT2D eigenvalue weighted by Crippen LogP contribution is 2.03. The van der Waals surface area contributed by atoms with Crippen LogP contribution in [0.15, 0.2) is 0 Å². The normalized spacial score (nSPS) is 17.6. The molecule has 4 nitrogen and oxygen atoms in total. The molecular formula is C9H19BrN2O2. The van der Waals surface area contributed by atoms with Crippen LogP contribution in [0.3, 0.4) is 0 Å². The molecule has 2 N–H and O–H groups in total. The molecule has 0 heterocycles. The molecule has 5 heteroatoms. The SMILES string of the molecule is CC(Br)C(=O)NCC(C)(O)CN(C)C. The third-order valence-electron chi connectivity index (χ3n) is 1.66. The van der Waals surface area contributed by atoms with E-state index in [0.29, 0.717) is 6.54 Å². The molecule has 0 aliphatic rings. The van der Waals surface area contributed by atoms with E-state index in [2.05, 4.69) is 21.2 Å². The Balaban J connectivity index is 3.92. The third kappa shape index (κ3) is 6.34. The minimum Gasteiger partial charge on any atom is -0.387 e. The summed E-state index contributed by atoms with van der Waals surface area (Å²) in [5.74, 6) is -0.107. The fourth-order valence-electron chi connectivity index (χ4n) is 1.16. The Morgan fingerprint density at radius 2 is 2.14 bits per heavy atom. The first-order valence-corrected chi connectivity index (χ1v) is 5.45. The highest BCUT2D eigenvalue weighted by Gasteiger charge is 2.22. The summed E-state index contributed by atoms with van der Waals surface area (Å²) < 4.78 is 0. The Morgan fingerprint density at radius 1 is 1.64 bits per heavy atom. The third-order valence-corrected chi connectivity index (χ3v) is 2.08. The van der Waals surface area contributed by atoms with E-state index in [1.54, 1.807) is 13.8 Å². The van der Waals surface area contributed by atoms with Crippen molar-refractivity contribution < 1.29 is 9.90 Å². The molecule has 0 saturated heterocycles. The molecule has 2 atom stereocenters. The van der Waals surface area contributed by atoms with E-state index in [9.17, 15) is 9.90 Å². The smallest absolute Gasteiger partial charge is 0.233 e. The maximum Gasteiger partial charge on any atom is 0.233 e. The van der Waals surface area contributed by atoms with Gasteiger partial charge in [0.05, 0.1) is 10.4 Å². The molecule has 2 unspecified atom stereocenters. The van der Waals surface area contributed by atoms with Crippen LogP contribution in [-0.2, 0) is 4.79 Å². The van der Waals surface area contributed by atoms with E-state index >= 15 is 0 Å². The van der Waals surface area contributed by atoms with Gasteiger partial charge in [0.25, 0.3) is 0 Å². The molecule has 14 heavy (non-hydrogen) atoms. The molecule has 0 spiro atoms. The van der Waals surface area contributed by atoms with Crippen molar-refractivity contribution in [3.63, 3.8) is 0 Å². The van der Waals surface area contributed by atoms with Gasteiger partial charge in [0.15, 0.2) is 0 Å². The van der Waals surface area contributed by atoms with Crippen molar-refractivity contribution in [2.75, 3.05) is 27.2 Å². The van der Waals surface area contributed by atoms with Gasteiger partial charge in [0.2, 0.25) is 5.91 Å². The molecule has 1 amide bonds. The van der Waals surface area contributed by atoms with Crippen molar-refractivity contribution in [2.45, 2.75) is 24.3 Å². The van der Waals surface area contributed by atoms with Crippen LogP contribution >= 0.6 is 15.9 Å². The number of amides is 1. The second-order valence-corrected chi connectivity index (χ2v) is 5.44. The zero-order valence-electron chi connectivity index (χ0n) is 9.17. The topological polar surface area (TPSA) is 52.6 Å². The zero-order valence-corrected chi connectivity index (χ0v) is 10.8. The summed E-state index contributed by atoms with van der Waals surface area (Å²) in [6, 6.07) is 0. The van der Waals surface area contributed by atoms with Crippen molar-refractivity contribution in [3.8, 4) is 0 Å². The fourth-order valence-corrected chi connectivity index (χ4v) is 1.32. The molecule has 0 rings (SSSR count). The number of likely N-dealkylation sites (N-methyl/N-ethyl adjacent to an activating group) is 1. The number of rotatable bonds is 5. The Hall–Kier alpha value is -0.130. The summed E-state index contributed by atoms with van der Waals surface area (Å²) in [7, 11) is 3.76. The lowest BCUT2D eigenvalue weighted by Gasteiger charge is -2.27. The quantitative estimate of drug-likeness (QED) is 0.700. The van der Waals surface area contributed by atoms with Crippen molar-refractivity contribution in [2.24, 2.45) is 0 Å². The Labute approximate surface area is 93.8 Å². The van der Waals surface area contributed by atoms with Crippen molar-refractivity contribution in [3.05, 3.63) is 0 Å². The zero-order chi connectivity index (χ0) is 11.4. The van der Waals surface area contributed by atoms with Gasteiger partial charge >= 0.3 is 0 Å². The van der Waals surface area contributed by atoms with Gasteiger partial charge in [-0.05, 0) is 27.9 Å². The van der Waals surface area contributed by atoms with Crippen molar-refractivity contribution in [1.29, 1.82) is 0 Å². The number of halogens is 1. The van der Waals surface area contributed by atoms with Gasteiger partial charge in [0.1, 0.15) is 0 Å². The number of nitrogens with one attached hydrogen (secondary N) is 1. The van der Waals surface area contributed by atoms with Crippen LogP contribution in [0, 0.1) is 0 Å². The Morgan fingerprint density at radius 3 is 2.50 bits per heavy atom. The number of hydrogen-bond donors (Lipinski definition) is 2. The monoisotopic (exact) mass is 266 g/mol. The molecule has 0 fully saturated rings. The molecule has 0 bridgehead atoms. The number of hydrogen-bond acceptors (Lipinski definition) is 3. The maximum atomic E-state index is 11.2. The Bertz CT molecular complexity index is 193. The van der Waals surface area contributed by atoms with E-state index in [4.69, 9.17) is 0 Å². The lowest BCUT2D eigenvalue weighted by molar-refractivity contribution is -0.121. The summed E-state index contributed by atoms with van der Waals surface area (Å²) in [5, 5.41) is 12.5. The van der Waals surface area contributed by atoms with E-state index in [1.807, 2.05) is 19.0 Å². The summed E-state index contributed by atoms with van der Waals surface area (Å²) in [4.78, 5) is 12.8. The first kappa shape index (κ1) is 13.9. The van der Waals surface area contributed by atoms with E-state index in [-0.39, 0.29) is 17.3 Å². The lowest BCUT2D eigenvalue weighted by atomic mass is 10.1. The van der Waals surface area contributed by atoms with Gasteiger partial charge in [0, 0.05) is 13.1 Å². The summed E-state index contributed by atoms with van der Waals surface area (Å²) in [6.45, 7) is 4.23. The van der Waals surface area contributed by atoms with Crippen LogP contribution in [-0.4, -0.2) is 53.5 Å². The number of carbonyl (C=O) groups excluding carboxylic acids is 1. The van der Waals surface area contributed by atoms with E-state index in [0.717, 1.165) is 0 Å². The van der Waals surface area contributed by atoms with Crippen molar-refractivity contribution in [1.82, 2.24) is 10.2 Å². The minimum absolute atomic E-state index is 0.107. The molecule has 0 aromatic heterocycles. The average Bonchev–Trinajstić information content (AvgIpc) is 1.97. The van der Waals surface area contributed by atoms with Gasteiger partial charge in [-0.3, -0.25) is 4.79 Å². The van der Waals surface area contributed by atoms with E-state index < -0.39 is 5.60 Å². The number of carbonyl (C=O) groups is 1. The van der Waals surface area contributed by atoms with Gasteiger partial charge in [-0.1, -0.05) is 15.9 Å². The highest BCUT2D eigenvalue weighted by atomic mass is 79.9. The largest absolute Gasteiger partial charge is 0.387 e. The molecule has 0 aliphatic heterocycles. The summed E-state index contributed by atoms with van der Waals surface area (Å²) in [6.07, 6.45) is 0. The molecule has 0 aromatic rings. The molecule has 0 radical (unpaired) electrons. The van der Waals surface area contributed by atoms with Crippen LogP contribution in [0.1, 0.15) is 13.8 Å². The Kier molecular flexibility index (Phi) is 5.63. The number of aliphatic hydroxyl groups is 1. The first-order chi connectivity index (χ1) is 6.24. The predicted molar refractivity (Wildman–Crippen MR) is 60.6 cm³/mol. The van der Waals surface area contributed by atoms with Gasteiger partial charge in [-0.15, -0.1) is 0 Å². The standard InChI is InChI=1S/C9H19BrN2O2/c1-7(10)8(13)11-5-9(2,14)6-12(3)4/h7,14H,5-6H2,1-4H3,(H,11,13). The molecule has 0 aliphatic carbocycles. The first-order valence-electron chi connectivity index (χ1n) is 4.53. The molecule has 0 aromatic carbocycles. The summed E-state index contributed by atoms with van der Waals surface area (Å²) >= 11 is 3.15. The number of nitrogens with zero attached hydrogens (tertiary/aromatic N) is 1. The predicted octanol–water partition coefficient (Wildman–Crippen LogP) is 0.199. The molecule has 0 saturated carbocycles. The lowest BCUT2D eigenvalue weighted by Crippen LogP contribution is -2.48. The minimum atomic E-state index is -0.888. The average molecular weight is 267 g/mol. The van der Waals surface area contributed by atoms with Crippen LogP contribution in [0.25, 0.3) is 0 Å². The summed E-state index contributed by atoms with van der Waals surface area (Å²) in [5.41, 5.74) is -0.888. The van der Waals surface area contributed by atoms with Crippen LogP contribution in [0.2, 0.25) is 0 Å². The maximum absolute atomic E-state index is 11.2. The second-order valence-electron chi connectivity index (χ2n) is 4.07. The number of alkyl halides is 1. The molecule has 84 valence electrons. The highest BCUT2D eigenvalue weighted by molar-refractivity contribution is 9.10. The van der Waals surface area contributed by atoms with Crippen LogP contribution in [0.4, 0.5) is 0 Å². The van der Waals surface area contributed by atoms with Crippen LogP contribution < -0.4 is 5.32 Å². The van der Waals surface area contributed by atoms with Crippen LogP contribution in [0.5, 0.6) is 0 Å². The van der Waals surface area contributed by atoms with E-state index in [1.165, 1.54) is 0 Å². The van der Waals surface area contributed by atoms with Gasteiger partial charge in [-0.2, -0.15) is 0 Å².